The molecule has 1 amide bonds. The van der Waals surface area contributed by atoms with Gasteiger partial charge in [0.25, 0.3) is 11.8 Å². The highest BCUT2D eigenvalue weighted by Crippen LogP contribution is 2.24. The number of aliphatic hydroxyl groups excluding tert-OH is 2. The highest BCUT2D eigenvalue weighted by atomic mass is 19.3. The first-order chi connectivity index (χ1) is 8.69. The summed E-state index contributed by atoms with van der Waals surface area (Å²) in [5, 5.41) is 21.3. The topological polar surface area (TPSA) is 122 Å². The van der Waals surface area contributed by atoms with Gasteiger partial charge in [0.2, 0.25) is 0 Å². The summed E-state index contributed by atoms with van der Waals surface area (Å²) in [4.78, 5) is 11.5. The van der Waals surface area contributed by atoms with Crippen LogP contribution in [0.3, 0.4) is 0 Å². The van der Waals surface area contributed by atoms with E-state index in [1.165, 1.54) is 0 Å². The second-order valence-electron chi connectivity index (χ2n) is 5.18. The lowest BCUT2D eigenvalue weighted by atomic mass is 9.81. The molecule has 112 valence electrons. The van der Waals surface area contributed by atoms with Crippen molar-refractivity contribution in [1.82, 2.24) is 5.32 Å². The summed E-state index contributed by atoms with van der Waals surface area (Å²) < 4.78 is 26.2. The Bertz CT molecular complexity index is 330. The van der Waals surface area contributed by atoms with Gasteiger partial charge >= 0.3 is 0 Å². The van der Waals surface area contributed by atoms with Crippen LogP contribution in [0, 0.1) is 5.92 Å². The smallest absolute Gasteiger partial charge is 0.294 e. The van der Waals surface area contributed by atoms with Crippen LogP contribution >= 0.6 is 0 Å². The molecule has 0 aromatic heterocycles. The average Bonchev–Trinajstić information content (AvgIpc) is 2.34. The van der Waals surface area contributed by atoms with Crippen LogP contribution < -0.4 is 16.8 Å². The largest absolute Gasteiger partial charge is 0.391 e. The van der Waals surface area contributed by atoms with Crippen molar-refractivity contribution >= 4 is 5.91 Å². The number of nitrogens with two attached hydrogens (primary N) is 2. The molecule has 0 spiro atoms. The lowest BCUT2D eigenvalue weighted by Crippen LogP contribution is -2.58. The molecule has 0 aromatic rings. The molecule has 0 bridgehead atoms. The van der Waals surface area contributed by atoms with Gasteiger partial charge in [0.05, 0.1) is 18.7 Å². The number of aliphatic hydroxyl groups is 2. The zero-order valence-electron chi connectivity index (χ0n) is 10.7. The number of carbonyl (C=O) groups is 1. The Morgan fingerprint density at radius 3 is 2.63 bits per heavy atom. The van der Waals surface area contributed by atoms with E-state index in [0.717, 1.165) is 0 Å². The molecule has 7 N–H and O–H groups in total. The number of amides is 1. The lowest BCUT2D eigenvalue weighted by molar-refractivity contribution is -0.154. The van der Waals surface area contributed by atoms with E-state index in [-0.39, 0.29) is 18.4 Å². The Hall–Kier alpha value is -0.830. The second kappa shape index (κ2) is 6.08. The van der Waals surface area contributed by atoms with Crippen LogP contribution in [0.5, 0.6) is 0 Å². The molecule has 0 heterocycles. The summed E-state index contributed by atoms with van der Waals surface area (Å²) in [5.41, 5.74) is 10.5. The molecule has 6 nitrogen and oxygen atoms in total. The lowest BCUT2D eigenvalue weighted by Gasteiger charge is -2.37. The van der Waals surface area contributed by atoms with E-state index >= 15 is 0 Å². The Kier molecular flexibility index (Phi) is 5.19. The maximum absolute atomic E-state index is 13.1. The number of alkyl halides is 2. The molecular formula is C11H21F2N3O3. The summed E-state index contributed by atoms with van der Waals surface area (Å²) in [6, 6.07) is -0.967. The van der Waals surface area contributed by atoms with Crippen molar-refractivity contribution in [3.05, 3.63) is 0 Å². The van der Waals surface area contributed by atoms with Gasteiger partial charge in [-0.05, 0) is 18.8 Å². The minimum absolute atomic E-state index is 0.152. The molecule has 19 heavy (non-hydrogen) atoms. The predicted molar refractivity (Wildman–Crippen MR) is 64.3 cm³/mol. The molecule has 1 saturated carbocycles. The Labute approximate surface area is 110 Å². The maximum Gasteiger partial charge on any atom is 0.294 e. The fourth-order valence-corrected chi connectivity index (χ4v) is 2.28. The van der Waals surface area contributed by atoms with Crippen molar-refractivity contribution in [2.45, 2.75) is 50.0 Å². The third-order valence-corrected chi connectivity index (χ3v) is 3.47. The van der Waals surface area contributed by atoms with Crippen molar-refractivity contribution in [3.8, 4) is 0 Å². The molecule has 8 heteroatoms. The highest BCUT2D eigenvalue weighted by molar-refractivity contribution is 5.82. The van der Waals surface area contributed by atoms with Crippen molar-refractivity contribution < 1.29 is 23.8 Å². The number of rotatable bonds is 4. The third kappa shape index (κ3) is 3.82. The fraction of sp³-hybridized carbons (Fsp3) is 0.909. The van der Waals surface area contributed by atoms with E-state index in [1.54, 1.807) is 6.92 Å². The maximum atomic E-state index is 13.1. The number of nitrogens with one attached hydrogen (secondary N) is 1. The van der Waals surface area contributed by atoms with Gasteiger partial charge in [-0.15, -0.1) is 0 Å². The zero-order valence-corrected chi connectivity index (χ0v) is 10.7. The van der Waals surface area contributed by atoms with E-state index in [9.17, 15) is 23.8 Å². The molecule has 1 fully saturated rings. The first-order valence-corrected chi connectivity index (χ1v) is 6.19. The predicted octanol–water partition coefficient (Wildman–Crippen LogP) is -1.46. The summed E-state index contributed by atoms with van der Waals surface area (Å²) in [7, 11) is 0. The van der Waals surface area contributed by atoms with Gasteiger partial charge in [-0.25, -0.2) is 8.78 Å². The van der Waals surface area contributed by atoms with Crippen molar-refractivity contribution in [2.24, 2.45) is 17.4 Å². The molecule has 0 aromatic carbocycles. The first kappa shape index (κ1) is 16.2. The Morgan fingerprint density at radius 2 is 2.11 bits per heavy atom. The van der Waals surface area contributed by atoms with Gasteiger partial charge in [0.15, 0.2) is 6.10 Å². The monoisotopic (exact) mass is 281 g/mol. The molecule has 0 radical (unpaired) electrons. The van der Waals surface area contributed by atoms with Crippen molar-refractivity contribution in [2.75, 3.05) is 6.54 Å². The van der Waals surface area contributed by atoms with E-state index < -0.39 is 36.6 Å². The van der Waals surface area contributed by atoms with Crippen molar-refractivity contribution in [3.63, 3.8) is 0 Å². The standard InChI is InChI=1S/C11H21F2N3O3/c1-5-2-6(15)3-7(8(5)17)16-10(19)9(18)11(12,13)4-14/h5-9,17-18H,2-4,14-15H2,1H3,(H,16,19)/t5-,6+,7+,8+,9-/m0/s1. The summed E-state index contributed by atoms with van der Waals surface area (Å²) in [5.74, 6) is -5.10. The number of carbonyl (C=O) groups excluding carboxylic acids is 1. The first-order valence-electron chi connectivity index (χ1n) is 6.19. The minimum Gasteiger partial charge on any atom is -0.391 e. The quantitative estimate of drug-likeness (QED) is 0.431. The van der Waals surface area contributed by atoms with Gasteiger partial charge < -0.3 is 27.0 Å². The van der Waals surface area contributed by atoms with Gasteiger partial charge in [-0.3, -0.25) is 4.79 Å². The van der Waals surface area contributed by atoms with Gasteiger partial charge in [-0.1, -0.05) is 6.92 Å². The number of hydrogen-bond acceptors (Lipinski definition) is 5. The molecule has 1 rings (SSSR count). The molecule has 0 aliphatic heterocycles. The molecule has 0 saturated heterocycles. The van der Waals surface area contributed by atoms with E-state index in [1.807, 2.05) is 0 Å². The second-order valence-corrected chi connectivity index (χ2v) is 5.18. The Morgan fingerprint density at radius 1 is 1.53 bits per heavy atom. The molecule has 5 atom stereocenters. The number of hydrogen-bond donors (Lipinski definition) is 5. The normalized spacial score (nSPS) is 33.8. The number of halogens is 2. The fourth-order valence-electron chi connectivity index (χ4n) is 2.28. The van der Waals surface area contributed by atoms with Gasteiger partial charge in [0, 0.05) is 6.04 Å². The van der Waals surface area contributed by atoms with Crippen LogP contribution in [0.25, 0.3) is 0 Å². The van der Waals surface area contributed by atoms with Gasteiger partial charge in [-0.2, -0.15) is 0 Å². The molecule has 1 aliphatic rings. The van der Waals surface area contributed by atoms with Crippen LogP contribution in [-0.2, 0) is 4.79 Å². The van der Waals surface area contributed by atoms with Crippen LogP contribution in [-0.4, -0.2) is 52.9 Å². The van der Waals surface area contributed by atoms with Crippen LogP contribution in [0.4, 0.5) is 8.78 Å². The average molecular weight is 281 g/mol. The van der Waals surface area contributed by atoms with E-state index in [4.69, 9.17) is 11.5 Å². The Balaban J connectivity index is 2.65. The van der Waals surface area contributed by atoms with Gasteiger partial charge in [0.1, 0.15) is 0 Å². The SMILES string of the molecule is C[C@H]1C[C@@H](N)C[C@@H](NC(=O)[C@H](O)C(F)(F)CN)[C@@H]1O. The summed E-state index contributed by atoms with van der Waals surface area (Å²) in [6.45, 7) is 0.623. The highest BCUT2D eigenvalue weighted by Gasteiger charge is 2.43. The van der Waals surface area contributed by atoms with E-state index in [0.29, 0.717) is 6.42 Å². The zero-order chi connectivity index (χ0) is 14.8. The van der Waals surface area contributed by atoms with Crippen LogP contribution in [0.2, 0.25) is 0 Å². The molecule has 1 aliphatic carbocycles. The van der Waals surface area contributed by atoms with Crippen LogP contribution in [0.1, 0.15) is 19.8 Å². The minimum atomic E-state index is -3.70. The molecular weight excluding hydrogens is 260 g/mol. The van der Waals surface area contributed by atoms with Crippen LogP contribution in [0.15, 0.2) is 0 Å². The van der Waals surface area contributed by atoms with Crippen molar-refractivity contribution in [1.29, 1.82) is 0 Å². The summed E-state index contributed by atoms with van der Waals surface area (Å²) >= 11 is 0. The van der Waals surface area contributed by atoms with E-state index in [2.05, 4.69) is 5.32 Å². The summed E-state index contributed by atoms with van der Waals surface area (Å²) in [6.07, 6.45) is -2.53. The third-order valence-electron chi connectivity index (χ3n) is 3.47. The molecule has 0 unspecified atom stereocenters.